The van der Waals surface area contributed by atoms with E-state index in [0.29, 0.717) is 5.75 Å². The molecule has 0 bridgehead atoms. The van der Waals surface area contributed by atoms with Crippen LogP contribution in [0.15, 0.2) is 36.4 Å². The fraction of sp³-hybridized carbons (Fsp3) is 0.182. The van der Waals surface area contributed by atoms with Gasteiger partial charge in [0.1, 0.15) is 12.4 Å². The van der Waals surface area contributed by atoms with Gasteiger partial charge in [-0.3, -0.25) is 0 Å². The summed E-state index contributed by atoms with van der Waals surface area (Å²) < 4.78 is 5.23. The van der Waals surface area contributed by atoms with Crippen LogP contribution in [0.4, 0.5) is 0 Å². The molecule has 0 heterocycles. The highest BCUT2D eigenvalue weighted by atomic mass is 16.5. The predicted molar refractivity (Wildman–Crippen MR) is 53.4 cm³/mol. The Hall–Kier alpha value is -1.77. The molecule has 1 rings (SSSR count). The Bertz CT molecular complexity index is 355. The number of aryl methyl sites for hydroxylation is 1. The van der Waals surface area contributed by atoms with Crippen molar-refractivity contribution in [3.8, 4) is 5.75 Å². The summed E-state index contributed by atoms with van der Waals surface area (Å²) in [5.74, 6) is -0.370. The lowest BCUT2D eigenvalue weighted by atomic mass is 10.2. The van der Waals surface area contributed by atoms with Gasteiger partial charge in [0, 0.05) is 0 Å². The van der Waals surface area contributed by atoms with E-state index >= 15 is 0 Å². The molecule has 0 aliphatic carbocycles. The molecule has 1 aromatic rings. The van der Waals surface area contributed by atoms with E-state index in [0.717, 1.165) is 5.56 Å². The maximum atomic E-state index is 10.4. The van der Waals surface area contributed by atoms with E-state index in [1.54, 1.807) is 6.07 Å². The lowest BCUT2D eigenvalue weighted by molar-refractivity contribution is -0.133. The normalized spacial score (nSPS) is 9.50. The molecule has 0 aliphatic heterocycles. The van der Waals surface area contributed by atoms with Gasteiger partial charge in [-0.1, -0.05) is 18.7 Å². The quantitative estimate of drug-likeness (QED) is 0.742. The Labute approximate surface area is 82.6 Å². The Morgan fingerprint density at radius 3 is 2.86 bits per heavy atom. The van der Waals surface area contributed by atoms with Crippen LogP contribution < -0.4 is 4.74 Å². The van der Waals surface area contributed by atoms with E-state index in [4.69, 9.17) is 9.84 Å². The van der Waals surface area contributed by atoms with Crippen molar-refractivity contribution >= 4 is 5.97 Å². The molecule has 14 heavy (non-hydrogen) atoms. The number of carboxylic acid groups (broad SMARTS) is 1. The topological polar surface area (TPSA) is 46.5 Å². The zero-order chi connectivity index (χ0) is 10.6. The summed E-state index contributed by atoms with van der Waals surface area (Å²) in [4.78, 5) is 10.4. The first-order chi connectivity index (χ1) is 6.59. The zero-order valence-electron chi connectivity index (χ0n) is 7.99. The lowest BCUT2D eigenvalue weighted by Gasteiger charge is -2.05. The Morgan fingerprint density at radius 1 is 1.57 bits per heavy atom. The first kappa shape index (κ1) is 10.3. The number of hydrogen-bond donors (Lipinski definition) is 1. The molecule has 0 fully saturated rings. The second kappa shape index (κ2) is 4.46. The predicted octanol–water partition coefficient (Wildman–Crippen LogP) is 2.01. The second-order valence-corrected chi connectivity index (χ2v) is 3.01. The molecule has 3 heteroatoms. The number of rotatable bonds is 4. The number of benzene rings is 1. The highest BCUT2D eigenvalue weighted by molar-refractivity contribution is 5.86. The molecule has 1 N–H and O–H groups in total. The van der Waals surface area contributed by atoms with E-state index in [-0.39, 0.29) is 12.2 Å². The summed E-state index contributed by atoms with van der Waals surface area (Å²) >= 11 is 0. The fourth-order valence-electron chi connectivity index (χ4n) is 0.937. The molecule has 0 amide bonds. The molecular weight excluding hydrogens is 180 g/mol. The summed E-state index contributed by atoms with van der Waals surface area (Å²) in [6.07, 6.45) is 0. The Morgan fingerprint density at radius 2 is 2.29 bits per heavy atom. The van der Waals surface area contributed by atoms with Crippen molar-refractivity contribution in [1.29, 1.82) is 0 Å². The minimum Gasteiger partial charge on any atom is -0.489 e. The monoisotopic (exact) mass is 192 g/mol. The average molecular weight is 192 g/mol. The summed E-state index contributed by atoms with van der Waals surface area (Å²) in [6.45, 7) is 5.32. The molecule has 0 aliphatic rings. The van der Waals surface area contributed by atoms with Gasteiger partial charge in [0.15, 0.2) is 0 Å². The standard InChI is InChI=1S/C11H12O3/c1-8-4-3-5-10(6-8)14-7-9(2)11(12)13/h3-6H,2,7H2,1H3,(H,12,13). The zero-order valence-corrected chi connectivity index (χ0v) is 7.99. The third-order valence-corrected chi connectivity index (χ3v) is 1.71. The van der Waals surface area contributed by atoms with Gasteiger partial charge >= 0.3 is 5.97 Å². The molecule has 0 saturated carbocycles. The van der Waals surface area contributed by atoms with E-state index in [1.807, 2.05) is 25.1 Å². The SMILES string of the molecule is C=C(COc1cccc(C)c1)C(=O)O. The van der Waals surface area contributed by atoms with Crippen LogP contribution in [0, 0.1) is 6.92 Å². The van der Waals surface area contributed by atoms with Crippen LogP contribution >= 0.6 is 0 Å². The smallest absolute Gasteiger partial charge is 0.334 e. The molecule has 0 radical (unpaired) electrons. The van der Waals surface area contributed by atoms with Gasteiger partial charge in [-0.15, -0.1) is 0 Å². The number of aliphatic carboxylic acids is 1. The molecule has 1 aromatic carbocycles. The van der Waals surface area contributed by atoms with Crippen molar-refractivity contribution in [2.45, 2.75) is 6.92 Å². The van der Waals surface area contributed by atoms with Crippen LogP contribution in [0.25, 0.3) is 0 Å². The van der Waals surface area contributed by atoms with Crippen molar-refractivity contribution in [3.63, 3.8) is 0 Å². The molecule has 0 atom stereocenters. The van der Waals surface area contributed by atoms with E-state index in [1.165, 1.54) is 0 Å². The van der Waals surface area contributed by atoms with Gasteiger partial charge in [-0.2, -0.15) is 0 Å². The molecule has 0 aromatic heterocycles. The first-order valence-electron chi connectivity index (χ1n) is 4.20. The molecular formula is C11H12O3. The van der Waals surface area contributed by atoms with Crippen molar-refractivity contribution in [2.75, 3.05) is 6.61 Å². The average Bonchev–Trinajstić information content (AvgIpc) is 2.14. The van der Waals surface area contributed by atoms with Gasteiger partial charge in [-0.25, -0.2) is 4.79 Å². The number of carbonyl (C=O) groups is 1. The van der Waals surface area contributed by atoms with Crippen molar-refractivity contribution in [2.24, 2.45) is 0 Å². The summed E-state index contributed by atoms with van der Waals surface area (Å²) in [5, 5.41) is 8.54. The number of ether oxygens (including phenoxy) is 1. The molecule has 0 spiro atoms. The van der Waals surface area contributed by atoms with Crippen molar-refractivity contribution in [3.05, 3.63) is 42.0 Å². The van der Waals surface area contributed by atoms with E-state index in [9.17, 15) is 4.79 Å². The summed E-state index contributed by atoms with van der Waals surface area (Å²) in [7, 11) is 0. The van der Waals surface area contributed by atoms with Crippen molar-refractivity contribution in [1.82, 2.24) is 0 Å². The molecule has 74 valence electrons. The van der Waals surface area contributed by atoms with Crippen LogP contribution in [0.5, 0.6) is 5.75 Å². The number of hydrogen-bond acceptors (Lipinski definition) is 2. The summed E-state index contributed by atoms with van der Waals surface area (Å²) in [6, 6.07) is 7.42. The van der Waals surface area contributed by atoms with Crippen LogP contribution in [-0.4, -0.2) is 17.7 Å². The largest absolute Gasteiger partial charge is 0.489 e. The Balaban J connectivity index is 2.54. The molecule has 3 nitrogen and oxygen atoms in total. The van der Waals surface area contributed by atoms with Crippen LogP contribution in [0.1, 0.15) is 5.56 Å². The molecule has 0 saturated heterocycles. The maximum Gasteiger partial charge on any atom is 0.334 e. The second-order valence-electron chi connectivity index (χ2n) is 3.01. The lowest BCUT2D eigenvalue weighted by Crippen LogP contribution is -2.08. The van der Waals surface area contributed by atoms with E-state index in [2.05, 4.69) is 6.58 Å². The highest BCUT2D eigenvalue weighted by Crippen LogP contribution is 2.12. The van der Waals surface area contributed by atoms with Gasteiger partial charge in [0.2, 0.25) is 0 Å². The van der Waals surface area contributed by atoms with Gasteiger partial charge in [0.05, 0.1) is 5.57 Å². The fourth-order valence-corrected chi connectivity index (χ4v) is 0.937. The van der Waals surface area contributed by atoms with Crippen LogP contribution in [-0.2, 0) is 4.79 Å². The Kier molecular flexibility index (Phi) is 3.29. The number of carboxylic acids is 1. The van der Waals surface area contributed by atoms with Crippen LogP contribution in [0.2, 0.25) is 0 Å². The van der Waals surface area contributed by atoms with E-state index < -0.39 is 5.97 Å². The third kappa shape index (κ3) is 2.94. The first-order valence-corrected chi connectivity index (χ1v) is 4.20. The summed E-state index contributed by atoms with van der Waals surface area (Å²) in [5.41, 5.74) is 1.12. The third-order valence-electron chi connectivity index (χ3n) is 1.71. The van der Waals surface area contributed by atoms with Gasteiger partial charge in [-0.05, 0) is 24.6 Å². The van der Waals surface area contributed by atoms with Gasteiger partial charge < -0.3 is 9.84 Å². The minimum absolute atomic E-state index is 0.0127. The van der Waals surface area contributed by atoms with Crippen LogP contribution in [0.3, 0.4) is 0 Å². The van der Waals surface area contributed by atoms with Crippen molar-refractivity contribution < 1.29 is 14.6 Å². The minimum atomic E-state index is -1.03. The maximum absolute atomic E-state index is 10.4. The molecule has 0 unspecified atom stereocenters. The highest BCUT2D eigenvalue weighted by Gasteiger charge is 2.04. The van der Waals surface area contributed by atoms with Gasteiger partial charge in [0.25, 0.3) is 0 Å².